The van der Waals surface area contributed by atoms with Crippen molar-refractivity contribution in [3.63, 3.8) is 0 Å². The second-order valence-electron chi connectivity index (χ2n) is 6.43. The molecule has 0 spiro atoms. The molecule has 2 aromatic heterocycles. The second kappa shape index (κ2) is 8.04. The van der Waals surface area contributed by atoms with E-state index in [4.69, 9.17) is 10.5 Å². The zero-order valence-corrected chi connectivity index (χ0v) is 16.2. The van der Waals surface area contributed by atoms with Crippen LogP contribution in [0.5, 0.6) is 5.75 Å². The molecular weight excluding hydrogens is 382 g/mol. The minimum absolute atomic E-state index is 0.00320. The molecule has 2 heterocycles. The van der Waals surface area contributed by atoms with E-state index in [2.05, 4.69) is 15.3 Å². The van der Waals surface area contributed by atoms with Crippen LogP contribution in [0, 0.1) is 0 Å². The van der Waals surface area contributed by atoms with Crippen molar-refractivity contribution in [2.24, 2.45) is 5.73 Å². The molecule has 0 atom stereocenters. The minimum Gasteiger partial charge on any atom is -0.492 e. The van der Waals surface area contributed by atoms with Crippen LogP contribution in [-0.2, 0) is 0 Å². The molecule has 8 heteroatoms. The zero-order chi connectivity index (χ0) is 21.1. The molecule has 2 aromatic carbocycles. The van der Waals surface area contributed by atoms with Crippen molar-refractivity contribution in [3.8, 4) is 17.0 Å². The zero-order valence-electron chi connectivity index (χ0n) is 16.2. The summed E-state index contributed by atoms with van der Waals surface area (Å²) in [6.45, 7) is 2.33. The van der Waals surface area contributed by atoms with Crippen molar-refractivity contribution < 1.29 is 14.3 Å². The summed E-state index contributed by atoms with van der Waals surface area (Å²) in [7, 11) is 0. The molecule has 4 rings (SSSR count). The molecule has 3 N–H and O–H groups in total. The highest BCUT2D eigenvalue weighted by atomic mass is 16.5. The fourth-order valence-electron chi connectivity index (χ4n) is 3.13. The Labute approximate surface area is 172 Å². The predicted molar refractivity (Wildman–Crippen MR) is 113 cm³/mol. The van der Waals surface area contributed by atoms with Gasteiger partial charge in [-0.05, 0) is 30.7 Å². The number of primary amides is 1. The van der Waals surface area contributed by atoms with Crippen molar-refractivity contribution in [3.05, 3.63) is 78.4 Å². The number of carbonyl (C=O) groups is 2. The van der Waals surface area contributed by atoms with Gasteiger partial charge in [-0.3, -0.25) is 14.0 Å². The van der Waals surface area contributed by atoms with Gasteiger partial charge in [-0.2, -0.15) is 0 Å². The molecule has 30 heavy (non-hydrogen) atoms. The molecular formula is C22H19N5O3. The van der Waals surface area contributed by atoms with Crippen LogP contribution in [-0.4, -0.2) is 32.8 Å². The highest BCUT2D eigenvalue weighted by molar-refractivity contribution is 6.05. The van der Waals surface area contributed by atoms with Crippen LogP contribution in [0.2, 0.25) is 0 Å². The lowest BCUT2D eigenvalue weighted by Crippen LogP contribution is -2.17. The number of para-hydroxylation sites is 2. The number of benzene rings is 2. The van der Waals surface area contributed by atoms with Gasteiger partial charge < -0.3 is 15.8 Å². The van der Waals surface area contributed by atoms with E-state index in [0.717, 1.165) is 5.56 Å². The summed E-state index contributed by atoms with van der Waals surface area (Å²) in [6, 6.07) is 18.2. The maximum atomic E-state index is 13.0. The van der Waals surface area contributed by atoms with Crippen LogP contribution in [0.25, 0.3) is 16.9 Å². The van der Waals surface area contributed by atoms with E-state index in [1.807, 2.05) is 43.3 Å². The first-order valence-corrected chi connectivity index (χ1v) is 9.35. The quantitative estimate of drug-likeness (QED) is 0.515. The standard InChI is InChI=1S/C22H19N5O3/c1-2-30-18-11-7-6-10-15(18)26-22(29)16-12-17(14-8-4-3-5-9-14)27-13-24-19(20(23)28)21(27)25-16/h3-13H,2H2,1H3,(H2,23,28)(H,26,29). The largest absolute Gasteiger partial charge is 0.492 e. The molecule has 8 nitrogen and oxygen atoms in total. The van der Waals surface area contributed by atoms with Gasteiger partial charge in [0.15, 0.2) is 11.3 Å². The lowest BCUT2D eigenvalue weighted by molar-refractivity contribution is 0.0993. The van der Waals surface area contributed by atoms with Crippen molar-refractivity contribution in [2.45, 2.75) is 6.92 Å². The van der Waals surface area contributed by atoms with Crippen LogP contribution in [0.3, 0.4) is 0 Å². The third-order valence-electron chi connectivity index (χ3n) is 4.47. The molecule has 0 fully saturated rings. The molecule has 0 saturated carbocycles. The number of fused-ring (bicyclic) bond motifs is 1. The van der Waals surface area contributed by atoms with Gasteiger partial charge in [0.1, 0.15) is 17.8 Å². The SMILES string of the molecule is CCOc1ccccc1NC(=O)c1cc(-c2ccccc2)n2cnc(C(N)=O)c2n1. The van der Waals surface area contributed by atoms with E-state index in [9.17, 15) is 9.59 Å². The van der Waals surface area contributed by atoms with Gasteiger partial charge in [0, 0.05) is 0 Å². The van der Waals surface area contributed by atoms with Crippen molar-refractivity contribution in [1.82, 2.24) is 14.4 Å². The van der Waals surface area contributed by atoms with Gasteiger partial charge in [0.25, 0.3) is 11.8 Å². The molecule has 150 valence electrons. The maximum absolute atomic E-state index is 13.0. The number of aromatic nitrogens is 3. The second-order valence-corrected chi connectivity index (χ2v) is 6.43. The molecule has 0 bridgehead atoms. The third kappa shape index (κ3) is 3.58. The summed E-state index contributed by atoms with van der Waals surface area (Å²) in [4.78, 5) is 33.3. The number of nitrogens with two attached hydrogens (primary N) is 1. The van der Waals surface area contributed by atoms with Crippen LogP contribution >= 0.6 is 0 Å². The van der Waals surface area contributed by atoms with Crippen molar-refractivity contribution in [1.29, 1.82) is 0 Å². The fraction of sp³-hybridized carbons (Fsp3) is 0.0909. The fourth-order valence-corrected chi connectivity index (χ4v) is 3.13. The first-order chi connectivity index (χ1) is 14.6. The Morgan fingerprint density at radius 1 is 1.10 bits per heavy atom. The van der Waals surface area contributed by atoms with Crippen LogP contribution < -0.4 is 15.8 Å². The lowest BCUT2D eigenvalue weighted by Gasteiger charge is -2.12. The third-order valence-corrected chi connectivity index (χ3v) is 4.47. The van der Waals surface area contributed by atoms with Gasteiger partial charge in [0.05, 0.1) is 18.0 Å². The Kier molecular flexibility index (Phi) is 5.13. The average Bonchev–Trinajstić information content (AvgIpc) is 3.19. The number of rotatable bonds is 6. The Hall–Kier alpha value is -4.20. The summed E-state index contributed by atoms with van der Waals surface area (Å²) in [5.41, 5.74) is 7.79. The maximum Gasteiger partial charge on any atom is 0.274 e. The normalized spacial score (nSPS) is 10.7. The van der Waals surface area contributed by atoms with Crippen LogP contribution in [0.1, 0.15) is 27.9 Å². The van der Waals surface area contributed by atoms with Crippen molar-refractivity contribution >= 4 is 23.1 Å². The monoisotopic (exact) mass is 401 g/mol. The highest BCUT2D eigenvalue weighted by Crippen LogP contribution is 2.26. The summed E-state index contributed by atoms with van der Waals surface area (Å²) in [5.74, 6) is -0.610. The number of hydrogen-bond donors (Lipinski definition) is 2. The van der Waals surface area contributed by atoms with E-state index in [-0.39, 0.29) is 17.0 Å². The first-order valence-electron chi connectivity index (χ1n) is 9.35. The topological polar surface area (TPSA) is 112 Å². The molecule has 0 radical (unpaired) electrons. The average molecular weight is 401 g/mol. The van der Waals surface area contributed by atoms with E-state index < -0.39 is 11.8 Å². The van der Waals surface area contributed by atoms with E-state index in [1.165, 1.54) is 6.33 Å². The van der Waals surface area contributed by atoms with Gasteiger partial charge in [-0.15, -0.1) is 0 Å². The number of ether oxygens (including phenoxy) is 1. The predicted octanol–water partition coefficient (Wildman–Crippen LogP) is 3.15. The van der Waals surface area contributed by atoms with E-state index in [1.54, 1.807) is 28.7 Å². The Balaban J connectivity index is 1.82. The molecule has 4 aromatic rings. The summed E-state index contributed by atoms with van der Waals surface area (Å²) in [5, 5.41) is 2.82. The number of imidazole rings is 1. The molecule has 2 amide bonds. The number of nitrogens with one attached hydrogen (secondary N) is 1. The van der Waals surface area contributed by atoms with Gasteiger partial charge in [-0.25, -0.2) is 9.97 Å². The summed E-state index contributed by atoms with van der Waals surface area (Å²) >= 11 is 0. The lowest BCUT2D eigenvalue weighted by atomic mass is 10.1. The van der Waals surface area contributed by atoms with Crippen molar-refractivity contribution in [2.75, 3.05) is 11.9 Å². The van der Waals surface area contributed by atoms with Gasteiger partial charge >= 0.3 is 0 Å². The van der Waals surface area contributed by atoms with E-state index >= 15 is 0 Å². The molecule has 0 aliphatic rings. The minimum atomic E-state index is -0.719. The Morgan fingerprint density at radius 2 is 1.83 bits per heavy atom. The Bertz CT molecular complexity index is 1230. The first kappa shape index (κ1) is 19.1. The van der Waals surface area contributed by atoms with E-state index in [0.29, 0.717) is 23.7 Å². The van der Waals surface area contributed by atoms with Gasteiger partial charge in [-0.1, -0.05) is 42.5 Å². The smallest absolute Gasteiger partial charge is 0.274 e. The summed E-state index contributed by atoms with van der Waals surface area (Å²) in [6.07, 6.45) is 1.47. The van der Waals surface area contributed by atoms with Gasteiger partial charge in [0.2, 0.25) is 0 Å². The Morgan fingerprint density at radius 3 is 2.57 bits per heavy atom. The number of hydrogen-bond acceptors (Lipinski definition) is 5. The van der Waals surface area contributed by atoms with Crippen LogP contribution in [0.15, 0.2) is 67.0 Å². The number of carbonyl (C=O) groups excluding carboxylic acids is 2. The molecule has 0 aliphatic heterocycles. The molecule has 0 aliphatic carbocycles. The number of amides is 2. The van der Waals surface area contributed by atoms with Crippen LogP contribution in [0.4, 0.5) is 5.69 Å². The highest BCUT2D eigenvalue weighted by Gasteiger charge is 2.19. The summed E-state index contributed by atoms with van der Waals surface area (Å²) < 4.78 is 7.20. The molecule has 0 unspecified atom stereocenters. The molecule has 0 saturated heterocycles. The number of nitrogens with zero attached hydrogens (tertiary/aromatic N) is 3. The number of anilines is 1.